The Bertz CT molecular complexity index is 1620. The molecule has 1 saturated heterocycles. The van der Waals surface area contributed by atoms with Crippen LogP contribution in [0, 0.1) is 11.3 Å². The van der Waals surface area contributed by atoms with Crippen molar-refractivity contribution in [1.82, 2.24) is 40.4 Å². The van der Waals surface area contributed by atoms with Gasteiger partial charge in [0.15, 0.2) is 6.23 Å². The largest absolute Gasteiger partial charge is 0.462 e. The molecule has 1 fully saturated rings. The van der Waals surface area contributed by atoms with Crippen LogP contribution in [0.3, 0.4) is 0 Å². The lowest BCUT2D eigenvalue weighted by atomic mass is 10.1. The van der Waals surface area contributed by atoms with Gasteiger partial charge in [-0.1, -0.05) is 0 Å². The number of hydrogen-bond donors (Lipinski definition) is 6. The molecule has 0 bridgehead atoms. The van der Waals surface area contributed by atoms with Crippen molar-refractivity contribution < 1.29 is 57.1 Å². The maximum atomic E-state index is 12.9. The van der Waals surface area contributed by atoms with E-state index in [2.05, 4.69) is 41.8 Å². The Kier molecular flexibility index (Phi) is 22.0. The number of rotatable bonds is 26. The van der Waals surface area contributed by atoms with E-state index in [1.54, 1.807) is 4.90 Å². The van der Waals surface area contributed by atoms with E-state index in [-0.39, 0.29) is 96.7 Å². The summed E-state index contributed by atoms with van der Waals surface area (Å²) in [5.74, 6) is -4.35. The summed E-state index contributed by atoms with van der Waals surface area (Å²) in [5.41, 5.74) is -1.37. The number of ether oxygens (including phenoxy) is 4. The Morgan fingerprint density at radius 3 is 2.14 bits per heavy atom. The highest BCUT2D eigenvalue weighted by atomic mass is 31.2. The van der Waals surface area contributed by atoms with E-state index in [4.69, 9.17) is 30.3 Å². The fourth-order valence-corrected chi connectivity index (χ4v) is 7.42. The van der Waals surface area contributed by atoms with Crippen molar-refractivity contribution >= 4 is 38.2 Å². The van der Waals surface area contributed by atoms with Crippen LogP contribution in [-0.4, -0.2) is 166 Å². The van der Waals surface area contributed by atoms with Gasteiger partial charge in [0.05, 0.1) is 65.7 Å². The Hall–Kier alpha value is -4.37. The van der Waals surface area contributed by atoms with Crippen molar-refractivity contribution in [2.24, 2.45) is 0 Å². The van der Waals surface area contributed by atoms with Gasteiger partial charge in [-0.25, -0.2) is 19.1 Å². The van der Waals surface area contributed by atoms with E-state index in [1.807, 2.05) is 32.4 Å². The van der Waals surface area contributed by atoms with Gasteiger partial charge in [-0.15, -0.1) is 0 Å². The van der Waals surface area contributed by atoms with Crippen LogP contribution in [0.2, 0.25) is 0 Å². The summed E-state index contributed by atoms with van der Waals surface area (Å²) in [5, 5.41) is 24.6. The number of carbonyl (C=O) groups is 5. The average molecular weight is 848 g/mol. The molecule has 0 aromatic carbocycles. The number of nitrogens with one attached hydrogen (secondary N) is 5. The van der Waals surface area contributed by atoms with Crippen molar-refractivity contribution in [3.8, 4) is 6.07 Å². The van der Waals surface area contributed by atoms with Crippen LogP contribution >= 0.6 is 8.53 Å². The third kappa shape index (κ3) is 16.5. The van der Waals surface area contributed by atoms with Crippen LogP contribution in [0.15, 0.2) is 21.9 Å². The molecule has 1 aromatic heterocycles. The van der Waals surface area contributed by atoms with Crippen molar-refractivity contribution in [3.63, 3.8) is 0 Å². The number of amides is 3. The summed E-state index contributed by atoms with van der Waals surface area (Å²) in [6.45, 7) is 8.45. The fourth-order valence-electron chi connectivity index (χ4n) is 5.64. The van der Waals surface area contributed by atoms with Crippen molar-refractivity contribution in [2.45, 2.75) is 77.1 Å². The number of aliphatic hydroxyl groups excluding tert-OH is 1. The molecule has 5 atom stereocenters. The molecule has 0 aliphatic carbocycles. The Balaban J connectivity index is 2.09. The molecule has 3 amide bonds. The SMILES string of the molecule is [3H]OC[C@H]1O[C@@H](n2ccc(=O)[nH]c2=O)[C@H](NCOCCC(=O)NCCN(CCNC(=O)C(=O)OC)CCNC(=O)C(=O)OC)C1OP(OCCC#N)N(C(C)C)C(C)C. The molecule has 2 rings (SSSR count). The molecule has 1 aromatic rings. The lowest BCUT2D eigenvalue weighted by Gasteiger charge is -2.38. The number of aromatic amines is 1. The highest BCUT2D eigenvalue weighted by Gasteiger charge is 2.48. The second-order valence-electron chi connectivity index (χ2n) is 13.1. The normalized spacial score (nSPS) is 18.5. The molecule has 6 N–H and O–H groups in total. The Labute approximate surface area is 338 Å². The van der Waals surface area contributed by atoms with E-state index < -0.39 is 68.0 Å². The van der Waals surface area contributed by atoms with Gasteiger partial charge in [0.1, 0.15) is 12.2 Å². The number of carbonyl (C=O) groups excluding carboxylic acids is 5. The molecular formula is C34H56N9O14P. The van der Waals surface area contributed by atoms with Gasteiger partial charge >= 0.3 is 29.4 Å². The summed E-state index contributed by atoms with van der Waals surface area (Å²) in [7, 11) is 0.321. The minimum Gasteiger partial charge on any atom is -0.462 e. The van der Waals surface area contributed by atoms with E-state index >= 15 is 0 Å². The molecule has 0 radical (unpaired) electrons. The molecule has 1 aliphatic rings. The third-order valence-electron chi connectivity index (χ3n) is 8.32. The van der Waals surface area contributed by atoms with Crippen LogP contribution in [0.1, 0.15) is 46.8 Å². The van der Waals surface area contributed by atoms with Crippen molar-refractivity contribution in [1.29, 1.82) is 6.69 Å². The first-order chi connectivity index (χ1) is 28.2. The maximum Gasteiger partial charge on any atom is 0.396 e. The van der Waals surface area contributed by atoms with E-state index in [0.29, 0.717) is 0 Å². The van der Waals surface area contributed by atoms with Crippen molar-refractivity contribution in [2.75, 3.05) is 80.0 Å². The summed E-state index contributed by atoms with van der Waals surface area (Å²) in [6.07, 6.45) is -1.57. The van der Waals surface area contributed by atoms with Crippen LogP contribution in [0.4, 0.5) is 0 Å². The number of nitriles is 1. The topological polar surface area (TPSA) is 294 Å². The van der Waals surface area contributed by atoms with Crippen LogP contribution < -0.4 is 32.5 Å². The van der Waals surface area contributed by atoms with Crippen LogP contribution in [-0.2, 0) is 52.0 Å². The molecular weight excluding hydrogens is 789 g/mol. The molecule has 2 unspecified atom stereocenters. The molecule has 326 valence electrons. The highest BCUT2D eigenvalue weighted by molar-refractivity contribution is 7.44. The van der Waals surface area contributed by atoms with E-state index in [1.165, 1.54) is 6.20 Å². The van der Waals surface area contributed by atoms with Crippen LogP contribution in [0.5, 0.6) is 0 Å². The molecule has 0 saturated carbocycles. The quantitative estimate of drug-likeness (QED) is 0.0183. The lowest BCUT2D eigenvalue weighted by molar-refractivity contribution is -0.152. The predicted molar refractivity (Wildman–Crippen MR) is 204 cm³/mol. The van der Waals surface area contributed by atoms with Gasteiger partial charge in [0.2, 0.25) is 7.34 Å². The standard InChI is InChI=1S/C34H56N9O14P/c1-22(2)43(23(3)4)58(55-18-7-10-35)57-28-24(20-44)56-31(42-14-8-26(46)40-34(42)51)27(28)39-21-54-19-9-25(45)36-11-15-41(16-12-37-29(47)32(49)52-5)17-13-38-30(48)33(50)53-6/h8,14,22-24,27-28,31,39,44H,7,9,11-13,15-21H2,1-6H3,(H,36,45)(H,37,47)(H,38,48)(H,40,46,51)/t24-,27-,28?,31-,58?/m1/s1/i44T. The molecule has 23 nitrogen and oxygen atoms in total. The van der Waals surface area contributed by atoms with Gasteiger partial charge in [0.25, 0.3) is 14.1 Å². The van der Waals surface area contributed by atoms with Gasteiger partial charge in [-0.3, -0.25) is 38.9 Å². The monoisotopic (exact) mass is 847 g/mol. The first kappa shape index (κ1) is 48.0. The minimum absolute atomic E-state index is 0.0399. The zero-order chi connectivity index (χ0) is 43.9. The van der Waals surface area contributed by atoms with Gasteiger partial charge in [-0.05, 0) is 27.7 Å². The number of nitrogens with zero attached hydrogens (tertiary/aromatic N) is 4. The molecule has 24 heteroatoms. The third-order valence-corrected chi connectivity index (χ3v) is 10.4. The van der Waals surface area contributed by atoms with Gasteiger partial charge in [-0.2, -0.15) is 5.26 Å². The maximum absolute atomic E-state index is 12.9. The lowest BCUT2D eigenvalue weighted by Crippen LogP contribution is -2.48. The van der Waals surface area contributed by atoms with Crippen LogP contribution in [0.25, 0.3) is 0 Å². The van der Waals surface area contributed by atoms with Gasteiger partial charge in [0, 0.05) is 63.6 Å². The second kappa shape index (κ2) is 26.6. The highest BCUT2D eigenvalue weighted by Crippen LogP contribution is 2.50. The van der Waals surface area contributed by atoms with Crippen molar-refractivity contribution in [3.05, 3.63) is 33.1 Å². The number of hydrogen-bond acceptors (Lipinski definition) is 18. The van der Waals surface area contributed by atoms with E-state index in [0.717, 1.165) is 24.9 Å². The molecule has 0 spiro atoms. The predicted octanol–water partition coefficient (Wildman–Crippen LogP) is -2.59. The summed E-state index contributed by atoms with van der Waals surface area (Å²) < 4.78 is 44.1. The minimum atomic E-state index is -1.82. The number of H-pyrrole nitrogens is 1. The molecule has 2 heterocycles. The molecule has 1 aliphatic heterocycles. The first-order valence-electron chi connectivity index (χ1n) is 18.9. The summed E-state index contributed by atoms with van der Waals surface area (Å²) in [4.78, 5) is 87.8. The smallest absolute Gasteiger partial charge is 0.396 e. The van der Waals surface area contributed by atoms with E-state index in [9.17, 15) is 33.6 Å². The number of esters is 2. The fraction of sp³-hybridized carbons (Fsp3) is 0.706. The summed E-state index contributed by atoms with van der Waals surface area (Å²) >= 11 is 0. The Morgan fingerprint density at radius 2 is 1.60 bits per heavy atom. The summed E-state index contributed by atoms with van der Waals surface area (Å²) in [6, 6.07) is 2.27. The van der Waals surface area contributed by atoms with Gasteiger partial charge < -0.3 is 49.1 Å². The second-order valence-corrected chi connectivity index (χ2v) is 14.5. The first-order valence-corrected chi connectivity index (χ1v) is 19.6. The number of aliphatic hydroxyl groups is 1. The zero-order valence-electron chi connectivity index (χ0n) is 34.6. The number of methoxy groups -OCH3 is 2. The number of aromatic nitrogens is 2. The Morgan fingerprint density at radius 1 is 1.00 bits per heavy atom. The zero-order valence-corrected chi connectivity index (χ0v) is 34.5. The average Bonchev–Trinajstić information content (AvgIpc) is 3.51. The molecule has 58 heavy (non-hydrogen) atoms.